The molecule has 3 rings (SSSR count). The Hall–Kier alpha value is -3.08. The summed E-state index contributed by atoms with van der Waals surface area (Å²) in [5.41, 5.74) is 2.99. The molecule has 5 heteroatoms. The Morgan fingerprint density at radius 2 is 2.04 bits per heavy atom. The summed E-state index contributed by atoms with van der Waals surface area (Å²) in [6, 6.07) is 9.48. The number of nitrogens with one attached hydrogen (secondary N) is 1. The number of amides is 1. The molecule has 0 saturated carbocycles. The molecule has 0 unspecified atom stereocenters. The first-order chi connectivity index (χ1) is 11.5. The van der Waals surface area contributed by atoms with Crippen molar-refractivity contribution >= 4 is 23.5 Å². The number of hydrogen-bond donors (Lipinski definition) is 3. The molecule has 0 spiro atoms. The van der Waals surface area contributed by atoms with Gasteiger partial charge in [-0.2, -0.15) is 0 Å². The van der Waals surface area contributed by atoms with Crippen LogP contribution in [0.25, 0.3) is 6.08 Å². The minimum atomic E-state index is -0.120. The first kappa shape index (κ1) is 15.8. The minimum absolute atomic E-state index is 0.0414. The largest absolute Gasteiger partial charge is 0.508 e. The predicted molar refractivity (Wildman–Crippen MR) is 91.1 cm³/mol. The van der Waals surface area contributed by atoms with Crippen LogP contribution >= 0.6 is 0 Å². The second-order valence-corrected chi connectivity index (χ2v) is 5.65. The van der Waals surface area contributed by atoms with Crippen molar-refractivity contribution in [3.63, 3.8) is 0 Å². The Balaban J connectivity index is 1.97. The average Bonchev–Trinajstić information content (AvgIpc) is 2.87. The zero-order chi connectivity index (χ0) is 17.3. The number of rotatable bonds is 3. The maximum atomic E-state index is 12.6. The molecular formula is C19H17NO4. The summed E-state index contributed by atoms with van der Waals surface area (Å²) in [5, 5.41) is 22.1. The number of hydrogen-bond acceptors (Lipinski definition) is 4. The molecule has 3 N–H and O–H groups in total. The molecule has 1 aliphatic rings. The van der Waals surface area contributed by atoms with E-state index in [0.29, 0.717) is 35.2 Å². The quantitative estimate of drug-likeness (QED) is 0.757. The molecule has 0 aliphatic heterocycles. The lowest BCUT2D eigenvalue weighted by atomic mass is 10.1. The maximum absolute atomic E-state index is 12.6. The highest BCUT2D eigenvalue weighted by atomic mass is 16.3. The Labute approximate surface area is 139 Å². The Kier molecular flexibility index (Phi) is 4.08. The van der Waals surface area contributed by atoms with E-state index in [0.717, 1.165) is 5.56 Å². The second kappa shape index (κ2) is 6.20. The fourth-order valence-corrected chi connectivity index (χ4v) is 2.75. The molecule has 2 aromatic rings. The van der Waals surface area contributed by atoms with Crippen molar-refractivity contribution in [2.75, 3.05) is 5.32 Å². The van der Waals surface area contributed by atoms with Crippen molar-refractivity contribution in [3.05, 3.63) is 58.7 Å². The Morgan fingerprint density at radius 3 is 2.75 bits per heavy atom. The molecular weight excluding hydrogens is 306 g/mol. The van der Waals surface area contributed by atoms with Gasteiger partial charge in [-0.05, 0) is 29.8 Å². The van der Waals surface area contributed by atoms with Crippen LogP contribution in [0.2, 0.25) is 0 Å². The van der Waals surface area contributed by atoms with Crippen molar-refractivity contribution in [1.29, 1.82) is 0 Å². The molecule has 1 amide bonds. The molecule has 0 saturated heterocycles. The third-order valence-electron chi connectivity index (χ3n) is 4.02. The molecule has 24 heavy (non-hydrogen) atoms. The van der Waals surface area contributed by atoms with E-state index < -0.39 is 0 Å². The second-order valence-electron chi connectivity index (χ2n) is 5.65. The van der Waals surface area contributed by atoms with Gasteiger partial charge in [-0.3, -0.25) is 9.59 Å². The fourth-order valence-electron chi connectivity index (χ4n) is 2.75. The van der Waals surface area contributed by atoms with Gasteiger partial charge in [0.05, 0.1) is 0 Å². The van der Waals surface area contributed by atoms with E-state index in [4.69, 9.17) is 0 Å². The zero-order valence-electron chi connectivity index (χ0n) is 13.2. The predicted octanol–water partition coefficient (Wildman–Crippen LogP) is 3.27. The first-order valence-corrected chi connectivity index (χ1v) is 7.68. The molecule has 0 heterocycles. The molecule has 0 radical (unpaired) electrons. The molecule has 0 atom stereocenters. The zero-order valence-corrected chi connectivity index (χ0v) is 13.2. The van der Waals surface area contributed by atoms with Gasteiger partial charge < -0.3 is 15.5 Å². The van der Waals surface area contributed by atoms with Gasteiger partial charge in [0.15, 0.2) is 5.78 Å². The molecule has 0 aromatic heterocycles. The summed E-state index contributed by atoms with van der Waals surface area (Å²) in [7, 11) is 0. The summed E-state index contributed by atoms with van der Waals surface area (Å²) in [6.45, 7) is 1.77. The van der Waals surface area contributed by atoms with Crippen molar-refractivity contribution in [2.45, 2.75) is 19.8 Å². The first-order valence-electron chi connectivity index (χ1n) is 7.68. The lowest BCUT2D eigenvalue weighted by Crippen LogP contribution is -2.11. The Morgan fingerprint density at radius 1 is 1.25 bits per heavy atom. The number of Topliss-reactive ketones (excluding diaryl/α,β-unsaturated/α-hetero) is 1. The lowest BCUT2D eigenvalue weighted by Gasteiger charge is -2.08. The smallest absolute Gasteiger partial charge is 0.224 e. The number of carbonyl (C=O) groups excluding carboxylic acids is 2. The van der Waals surface area contributed by atoms with Gasteiger partial charge in [-0.1, -0.05) is 19.1 Å². The highest BCUT2D eigenvalue weighted by molar-refractivity contribution is 6.17. The van der Waals surface area contributed by atoms with Crippen LogP contribution in [-0.2, 0) is 11.2 Å². The van der Waals surface area contributed by atoms with Gasteiger partial charge in [0, 0.05) is 41.3 Å². The monoisotopic (exact) mass is 323 g/mol. The highest BCUT2D eigenvalue weighted by Crippen LogP contribution is 2.34. The molecule has 5 nitrogen and oxygen atoms in total. The summed E-state index contributed by atoms with van der Waals surface area (Å²) in [6.07, 6.45) is 2.36. The van der Waals surface area contributed by atoms with Crippen molar-refractivity contribution in [2.24, 2.45) is 0 Å². The summed E-state index contributed by atoms with van der Waals surface area (Å²) in [5.74, 6) is -0.361. The number of fused-ring (bicyclic) bond motifs is 1. The normalized spacial score (nSPS) is 14.7. The van der Waals surface area contributed by atoms with Crippen LogP contribution in [0.3, 0.4) is 0 Å². The van der Waals surface area contributed by atoms with Crippen molar-refractivity contribution in [1.82, 2.24) is 0 Å². The average molecular weight is 323 g/mol. The van der Waals surface area contributed by atoms with Crippen LogP contribution < -0.4 is 5.32 Å². The van der Waals surface area contributed by atoms with Gasteiger partial charge in [-0.15, -0.1) is 0 Å². The van der Waals surface area contributed by atoms with Crippen molar-refractivity contribution < 1.29 is 19.8 Å². The molecule has 122 valence electrons. The fraction of sp³-hybridized carbons (Fsp3) is 0.158. The number of anilines is 1. The van der Waals surface area contributed by atoms with Crippen LogP contribution in [0, 0.1) is 0 Å². The third kappa shape index (κ3) is 2.88. The molecule has 0 fully saturated rings. The van der Waals surface area contributed by atoms with E-state index in [9.17, 15) is 19.8 Å². The van der Waals surface area contributed by atoms with E-state index in [1.807, 2.05) is 0 Å². The number of carbonyl (C=O) groups is 2. The minimum Gasteiger partial charge on any atom is -0.508 e. The van der Waals surface area contributed by atoms with E-state index in [-0.39, 0.29) is 23.2 Å². The number of benzene rings is 2. The van der Waals surface area contributed by atoms with E-state index in [1.54, 1.807) is 37.3 Å². The van der Waals surface area contributed by atoms with Crippen LogP contribution in [-0.4, -0.2) is 21.9 Å². The van der Waals surface area contributed by atoms with E-state index in [1.165, 1.54) is 12.1 Å². The molecule has 2 aromatic carbocycles. The van der Waals surface area contributed by atoms with Gasteiger partial charge >= 0.3 is 0 Å². The maximum Gasteiger partial charge on any atom is 0.224 e. The molecule has 1 aliphatic carbocycles. The summed E-state index contributed by atoms with van der Waals surface area (Å²) in [4.78, 5) is 24.2. The third-order valence-corrected chi connectivity index (χ3v) is 4.02. The van der Waals surface area contributed by atoms with Crippen LogP contribution in [0.1, 0.15) is 34.8 Å². The SMILES string of the molecule is CCC(=O)Nc1cccc2c1C/C(=C\c1ccc(O)cc1O)C2=O. The lowest BCUT2D eigenvalue weighted by molar-refractivity contribution is -0.115. The summed E-state index contributed by atoms with van der Waals surface area (Å²) < 4.78 is 0. The number of allylic oxidation sites excluding steroid dienone is 1. The van der Waals surface area contributed by atoms with Gasteiger partial charge in [0.1, 0.15) is 11.5 Å². The summed E-state index contributed by atoms with van der Waals surface area (Å²) >= 11 is 0. The van der Waals surface area contributed by atoms with E-state index in [2.05, 4.69) is 5.32 Å². The van der Waals surface area contributed by atoms with Gasteiger partial charge in [0.25, 0.3) is 0 Å². The van der Waals surface area contributed by atoms with Crippen LogP contribution in [0.15, 0.2) is 42.0 Å². The number of ketones is 1. The van der Waals surface area contributed by atoms with Crippen LogP contribution in [0.4, 0.5) is 5.69 Å². The highest BCUT2D eigenvalue weighted by Gasteiger charge is 2.27. The number of phenolic OH excluding ortho intramolecular Hbond substituents is 2. The number of aromatic hydroxyl groups is 2. The van der Waals surface area contributed by atoms with Crippen molar-refractivity contribution in [3.8, 4) is 11.5 Å². The number of phenols is 2. The molecule has 0 bridgehead atoms. The topological polar surface area (TPSA) is 86.6 Å². The Bertz CT molecular complexity index is 868. The van der Waals surface area contributed by atoms with Gasteiger partial charge in [-0.25, -0.2) is 0 Å². The standard InChI is InChI=1S/C19H17NO4/c1-2-18(23)20-16-5-3-4-14-15(16)9-12(19(14)24)8-11-6-7-13(21)10-17(11)22/h3-8,10,21-22H,2,9H2,1H3,(H,20,23)/b12-8+. The van der Waals surface area contributed by atoms with E-state index >= 15 is 0 Å². The van der Waals surface area contributed by atoms with Gasteiger partial charge in [0.2, 0.25) is 5.91 Å². The van der Waals surface area contributed by atoms with Crippen LogP contribution in [0.5, 0.6) is 11.5 Å².